The molecular formula is C11H10BrClN2. The minimum Gasteiger partial charge on any atom is -0.240 e. The number of benzene rings is 1. The van der Waals surface area contributed by atoms with Crippen molar-refractivity contribution >= 4 is 27.5 Å². The number of hydrogen-bond donors (Lipinski definition) is 0. The summed E-state index contributed by atoms with van der Waals surface area (Å²) in [5.41, 5.74) is 3.38. The first-order valence-corrected chi connectivity index (χ1v) is 5.89. The van der Waals surface area contributed by atoms with E-state index >= 15 is 0 Å². The van der Waals surface area contributed by atoms with E-state index in [1.165, 1.54) is 5.56 Å². The van der Waals surface area contributed by atoms with Crippen molar-refractivity contribution in [3.8, 4) is 5.69 Å². The second-order valence-electron chi connectivity index (χ2n) is 3.36. The van der Waals surface area contributed by atoms with Gasteiger partial charge in [-0.25, -0.2) is 4.68 Å². The summed E-state index contributed by atoms with van der Waals surface area (Å²) < 4.78 is 2.82. The number of halogens is 2. The molecule has 1 aromatic heterocycles. The van der Waals surface area contributed by atoms with Gasteiger partial charge in [-0.2, -0.15) is 5.10 Å². The standard InChI is InChI=1S/C11H10BrClN2/c1-8-4-9(5-13)2-3-11(8)15-7-10(12)6-14-15/h2-4,6-7H,5H2,1H3. The fraction of sp³-hybridized carbons (Fsp3) is 0.182. The molecule has 1 heterocycles. The van der Waals surface area contributed by atoms with Crippen LogP contribution in [-0.4, -0.2) is 9.78 Å². The minimum atomic E-state index is 0.546. The quantitative estimate of drug-likeness (QED) is 0.770. The van der Waals surface area contributed by atoms with Crippen LogP contribution in [0.1, 0.15) is 11.1 Å². The molecule has 0 bridgehead atoms. The van der Waals surface area contributed by atoms with Crippen molar-refractivity contribution in [2.24, 2.45) is 0 Å². The van der Waals surface area contributed by atoms with Crippen LogP contribution in [0.4, 0.5) is 0 Å². The van der Waals surface area contributed by atoms with Crippen LogP contribution < -0.4 is 0 Å². The highest BCUT2D eigenvalue weighted by molar-refractivity contribution is 9.10. The number of rotatable bonds is 2. The van der Waals surface area contributed by atoms with E-state index < -0.39 is 0 Å². The third kappa shape index (κ3) is 2.24. The molecule has 0 aliphatic rings. The summed E-state index contributed by atoms with van der Waals surface area (Å²) in [5, 5.41) is 4.24. The Bertz CT molecular complexity index is 479. The van der Waals surface area contributed by atoms with Gasteiger partial charge in [-0.1, -0.05) is 12.1 Å². The molecule has 0 amide bonds. The van der Waals surface area contributed by atoms with Crippen LogP contribution in [-0.2, 0) is 5.88 Å². The Labute approximate surface area is 102 Å². The predicted molar refractivity (Wildman–Crippen MR) is 65.6 cm³/mol. The first kappa shape index (κ1) is 10.7. The molecule has 0 aliphatic carbocycles. The number of aryl methyl sites for hydroxylation is 1. The van der Waals surface area contributed by atoms with Crippen LogP contribution in [0.3, 0.4) is 0 Å². The van der Waals surface area contributed by atoms with Crippen LogP contribution >= 0.6 is 27.5 Å². The lowest BCUT2D eigenvalue weighted by atomic mass is 10.1. The van der Waals surface area contributed by atoms with Crippen LogP contribution in [0, 0.1) is 6.92 Å². The van der Waals surface area contributed by atoms with Gasteiger partial charge in [0.15, 0.2) is 0 Å². The first-order chi connectivity index (χ1) is 7.20. The van der Waals surface area contributed by atoms with Gasteiger partial charge in [0.25, 0.3) is 0 Å². The molecule has 15 heavy (non-hydrogen) atoms. The lowest BCUT2D eigenvalue weighted by Gasteiger charge is -2.06. The van der Waals surface area contributed by atoms with E-state index in [0.29, 0.717) is 5.88 Å². The van der Waals surface area contributed by atoms with Gasteiger partial charge in [0, 0.05) is 12.1 Å². The van der Waals surface area contributed by atoms with Crippen molar-refractivity contribution in [1.82, 2.24) is 9.78 Å². The van der Waals surface area contributed by atoms with Gasteiger partial charge in [-0.05, 0) is 40.0 Å². The van der Waals surface area contributed by atoms with Gasteiger partial charge in [0.1, 0.15) is 0 Å². The Hall–Kier alpha value is -0.800. The molecule has 0 spiro atoms. The molecule has 0 N–H and O–H groups in total. The van der Waals surface area contributed by atoms with Crippen LogP contribution in [0.2, 0.25) is 0 Å². The van der Waals surface area contributed by atoms with Gasteiger partial charge in [0.2, 0.25) is 0 Å². The Morgan fingerprint density at radius 3 is 2.80 bits per heavy atom. The summed E-state index contributed by atoms with van der Waals surface area (Å²) in [6.45, 7) is 2.06. The maximum atomic E-state index is 5.77. The minimum absolute atomic E-state index is 0.546. The molecule has 0 aliphatic heterocycles. The first-order valence-electron chi connectivity index (χ1n) is 4.57. The topological polar surface area (TPSA) is 17.8 Å². The smallest absolute Gasteiger partial charge is 0.0675 e. The molecule has 0 radical (unpaired) electrons. The average Bonchev–Trinajstić information content (AvgIpc) is 2.64. The zero-order valence-corrected chi connectivity index (χ0v) is 10.6. The number of aromatic nitrogens is 2. The maximum absolute atomic E-state index is 5.77. The van der Waals surface area contributed by atoms with Crippen molar-refractivity contribution < 1.29 is 0 Å². The lowest BCUT2D eigenvalue weighted by Crippen LogP contribution is -1.97. The van der Waals surface area contributed by atoms with Gasteiger partial charge >= 0.3 is 0 Å². The van der Waals surface area contributed by atoms with E-state index in [1.807, 2.05) is 23.0 Å². The van der Waals surface area contributed by atoms with Crippen molar-refractivity contribution in [2.75, 3.05) is 0 Å². The SMILES string of the molecule is Cc1cc(CCl)ccc1-n1cc(Br)cn1. The van der Waals surface area contributed by atoms with Gasteiger partial charge < -0.3 is 0 Å². The Kier molecular flexibility index (Phi) is 3.12. The summed E-state index contributed by atoms with van der Waals surface area (Å²) in [5.74, 6) is 0.546. The molecule has 1 aromatic carbocycles. The maximum Gasteiger partial charge on any atom is 0.0675 e. The third-order valence-corrected chi connectivity index (χ3v) is 2.93. The fourth-order valence-electron chi connectivity index (χ4n) is 1.49. The van der Waals surface area contributed by atoms with E-state index in [4.69, 9.17) is 11.6 Å². The Morgan fingerprint density at radius 2 is 2.27 bits per heavy atom. The monoisotopic (exact) mass is 284 g/mol. The molecule has 0 saturated heterocycles. The third-order valence-electron chi connectivity index (χ3n) is 2.21. The van der Waals surface area contributed by atoms with E-state index in [1.54, 1.807) is 6.20 Å². The zero-order chi connectivity index (χ0) is 10.8. The molecule has 78 valence electrons. The molecule has 2 aromatic rings. The van der Waals surface area contributed by atoms with Gasteiger partial charge in [-0.3, -0.25) is 0 Å². The molecule has 2 rings (SSSR count). The highest BCUT2D eigenvalue weighted by atomic mass is 79.9. The molecule has 2 nitrogen and oxygen atoms in total. The van der Waals surface area contributed by atoms with E-state index in [-0.39, 0.29) is 0 Å². The predicted octanol–water partition coefficient (Wildman–Crippen LogP) is 3.68. The highest BCUT2D eigenvalue weighted by Gasteiger charge is 2.03. The molecular weight excluding hydrogens is 275 g/mol. The average molecular weight is 286 g/mol. The van der Waals surface area contributed by atoms with Gasteiger partial charge in [-0.15, -0.1) is 11.6 Å². The van der Waals surface area contributed by atoms with Gasteiger partial charge in [0.05, 0.1) is 16.4 Å². The fourth-order valence-corrected chi connectivity index (χ4v) is 1.94. The van der Waals surface area contributed by atoms with E-state index in [0.717, 1.165) is 15.7 Å². The Balaban J connectivity index is 2.45. The van der Waals surface area contributed by atoms with Crippen LogP contribution in [0.25, 0.3) is 5.69 Å². The summed E-state index contributed by atoms with van der Waals surface area (Å²) in [7, 11) is 0. The number of nitrogens with zero attached hydrogens (tertiary/aromatic N) is 2. The van der Waals surface area contributed by atoms with Crippen molar-refractivity contribution in [3.63, 3.8) is 0 Å². The summed E-state index contributed by atoms with van der Waals surface area (Å²) in [4.78, 5) is 0. The number of alkyl halides is 1. The largest absolute Gasteiger partial charge is 0.240 e. The normalized spacial score (nSPS) is 10.6. The van der Waals surface area contributed by atoms with E-state index in [2.05, 4.69) is 34.0 Å². The molecule has 0 fully saturated rings. The summed E-state index contributed by atoms with van der Waals surface area (Å²) >= 11 is 9.15. The highest BCUT2D eigenvalue weighted by Crippen LogP contribution is 2.18. The van der Waals surface area contributed by atoms with Crippen molar-refractivity contribution in [3.05, 3.63) is 46.2 Å². The molecule has 4 heteroatoms. The van der Waals surface area contributed by atoms with Crippen LogP contribution in [0.15, 0.2) is 35.1 Å². The zero-order valence-electron chi connectivity index (χ0n) is 8.24. The second-order valence-corrected chi connectivity index (χ2v) is 4.54. The second kappa shape index (κ2) is 4.37. The summed E-state index contributed by atoms with van der Waals surface area (Å²) in [6.07, 6.45) is 3.71. The van der Waals surface area contributed by atoms with Crippen LogP contribution in [0.5, 0.6) is 0 Å². The lowest BCUT2D eigenvalue weighted by molar-refractivity contribution is 0.871. The number of hydrogen-bond acceptors (Lipinski definition) is 1. The molecule has 0 unspecified atom stereocenters. The summed E-state index contributed by atoms with van der Waals surface area (Å²) in [6, 6.07) is 6.13. The molecule has 0 saturated carbocycles. The molecule has 0 atom stereocenters. The van der Waals surface area contributed by atoms with Crippen molar-refractivity contribution in [1.29, 1.82) is 0 Å². The Morgan fingerprint density at radius 1 is 1.47 bits per heavy atom. The van der Waals surface area contributed by atoms with Crippen molar-refractivity contribution in [2.45, 2.75) is 12.8 Å². The van der Waals surface area contributed by atoms with E-state index in [9.17, 15) is 0 Å².